The van der Waals surface area contributed by atoms with Crippen LogP contribution >= 0.6 is 0 Å². The van der Waals surface area contributed by atoms with Crippen LogP contribution < -0.4 is 10.6 Å². The van der Waals surface area contributed by atoms with Crippen LogP contribution in [0.1, 0.15) is 43.1 Å². The van der Waals surface area contributed by atoms with E-state index in [9.17, 15) is 14.4 Å². The third-order valence-electron chi connectivity index (χ3n) is 3.09. The van der Waals surface area contributed by atoms with Crippen molar-refractivity contribution in [3.8, 4) is 0 Å². The number of hydrogen-bond acceptors (Lipinski definition) is 4. The van der Waals surface area contributed by atoms with Crippen molar-refractivity contribution in [2.45, 2.75) is 39.2 Å². The summed E-state index contributed by atoms with van der Waals surface area (Å²) in [7, 11) is 0. The zero-order valence-corrected chi connectivity index (χ0v) is 13.0. The molecule has 0 fully saturated rings. The molecule has 0 aliphatic carbocycles. The second-order valence-corrected chi connectivity index (χ2v) is 6.29. The molecule has 0 saturated carbocycles. The van der Waals surface area contributed by atoms with Gasteiger partial charge in [0, 0.05) is 17.6 Å². The molecule has 1 aliphatic rings. The molecule has 22 heavy (non-hydrogen) atoms. The Balaban J connectivity index is 1.96. The maximum Gasteiger partial charge on any atom is 0.338 e. The first-order valence-electron chi connectivity index (χ1n) is 7.15. The molecule has 1 heterocycles. The highest BCUT2D eigenvalue weighted by Gasteiger charge is 2.19. The molecule has 0 bridgehead atoms. The van der Waals surface area contributed by atoms with Gasteiger partial charge in [-0.1, -0.05) is 0 Å². The van der Waals surface area contributed by atoms with Crippen molar-refractivity contribution in [3.05, 3.63) is 29.3 Å². The average Bonchev–Trinajstić information content (AvgIpc) is 2.42. The third kappa shape index (κ3) is 4.31. The highest BCUT2D eigenvalue weighted by atomic mass is 16.5. The van der Waals surface area contributed by atoms with Gasteiger partial charge in [-0.25, -0.2) is 4.79 Å². The Morgan fingerprint density at radius 1 is 1.27 bits per heavy atom. The van der Waals surface area contributed by atoms with Gasteiger partial charge in [0.25, 0.3) is 5.91 Å². The number of carbonyl (C=O) groups excluding carboxylic acids is 3. The summed E-state index contributed by atoms with van der Waals surface area (Å²) < 4.78 is 5.01. The van der Waals surface area contributed by atoms with Crippen molar-refractivity contribution in [1.82, 2.24) is 5.32 Å². The maximum absolute atomic E-state index is 12.0. The van der Waals surface area contributed by atoms with Crippen molar-refractivity contribution < 1.29 is 19.1 Å². The van der Waals surface area contributed by atoms with Crippen LogP contribution in [0.2, 0.25) is 0 Å². The summed E-state index contributed by atoms with van der Waals surface area (Å²) in [6, 6.07) is 4.95. The molecule has 118 valence electrons. The molecule has 0 saturated heterocycles. The third-order valence-corrected chi connectivity index (χ3v) is 3.09. The van der Waals surface area contributed by atoms with E-state index >= 15 is 0 Å². The van der Waals surface area contributed by atoms with E-state index in [1.54, 1.807) is 18.2 Å². The molecule has 1 aromatic carbocycles. The standard InChI is InChI=1S/C16H20N2O4/c1-16(2,3)18-14(20)9-22-15(21)11-4-6-12-10(8-11)5-7-13(19)17-12/h4,6,8H,5,7,9H2,1-3H3,(H,17,19)(H,18,20). The van der Waals surface area contributed by atoms with E-state index < -0.39 is 5.97 Å². The summed E-state index contributed by atoms with van der Waals surface area (Å²) in [5, 5.41) is 5.46. The van der Waals surface area contributed by atoms with Gasteiger partial charge in [-0.3, -0.25) is 9.59 Å². The fraction of sp³-hybridized carbons (Fsp3) is 0.438. The zero-order valence-electron chi connectivity index (χ0n) is 13.0. The molecule has 2 N–H and O–H groups in total. The zero-order chi connectivity index (χ0) is 16.3. The van der Waals surface area contributed by atoms with Gasteiger partial charge in [0.2, 0.25) is 5.91 Å². The molecule has 0 radical (unpaired) electrons. The first kappa shape index (κ1) is 16.0. The molecular weight excluding hydrogens is 284 g/mol. The molecule has 0 spiro atoms. The van der Waals surface area contributed by atoms with E-state index in [0.29, 0.717) is 18.4 Å². The quantitative estimate of drug-likeness (QED) is 0.831. The lowest BCUT2D eigenvalue weighted by molar-refractivity contribution is -0.125. The highest BCUT2D eigenvalue weighted by molar-refractivity contribution is 5.96. The van der Waals surface area contributed by atoms with Gasteiger partial charge in [-0.05, 0) is 51.0 Å². The van der Waals surface area contributed by atoms with Crippen molar-refractivity contribution in [3.63, 3.8) is 0 Å². The maximum atomic E-state index is 12.0. The number of aryl methyl sites for hydroxylation is 1. The van der Waals surface area contributed by atoms with Crippen molar-refractivity contribution in [1.29, 1.82) is 0 Å². The summed E-state index contributed by atoms with van der Waals surface area (Å²) >= 11 is 0. The molecule has 1 aliphatic heterocycles. The first-order valence-corrected chi connectivity index (χ1v) is 7.15. The minimum Gasteiger partial charge on any atom is -0.452 e. The van der Waals surface area contributed by atoms with Crippen LogP contribution in [-0.2, 0) is 20.7 Å². The van der Waals surface area contributed by atoms with Crippen molar-refractivity contribution in [2.24, 2.45) is 0 Å². The van der Waals surface area contributed by atoms with Crippen molar-refractivity contribution in [2.75, 3.05) is 11.9 Å². The second-order valence-electron chi connectivity index (χ2n) is 6.29. The number of carbonyl (C=O) groups is 3. The Hall–Kier alpha value is -2.37. The fourth-order valence-corrected chi connectivity index (χ4v) is 2.18. The number of rotatable bonds is 3. The summed E-state index contributed by atoms with van der Waals surface area (Å²) in [6.45, 7) is 5.24. The number of fused-ring (bicyclic) bond motifs is 1. The summed E-state index contributed by atoms with van der Waals surface area (Å²) in [6.07, 6.45) is 0.992. The normalized spacial score (nSPS) is 13.9. The number of esters is 1. The van der Waals surface area contributed by atoms with Gasteiger partial charge in [0.05, 0.1) is 5.56 Å². The molecule has 2 rings (SSSR count). The molecular formula is C16H20N2O4. The van der Waals surface area contributed by atoms with Crippen LogP contribution in [0.4, 0.5) is 5.69 Å². The van der Waals surface area contributed by atoms with E-state index in [2.05, 4.69) is 10.6 Å². The smallest absolute Gasteiger partial charge is 0.338 e. The number of amides is 2. The molecule has 1 aromatic rings. The van der Waals surface area contributed by atoms with Crippen molar-refractivity contribution >= 4 is 23.5 Å². The van der Waals surface area contributed by atoms with Gasteiger partial charge in [-0.2, -0.15) is 0 Å². The monoisotopic (exact) mass is 304 g/mol. The Kier molecular flexibility index (Phi) is 4.49. The predicted octanol–water partition coefficient (Wildman–Crippen LogP) is 1.64. The highest BCUT2D eigenvalue weighted by Crippen LogP contribution is 2.23. The number of ether oxygens (including phenoxy) is 1. The second kappa shape index (κ2) is 6.17. The summed E-state index contributed by atoms with van der Waals surface area (Å²) in [4.78, 5) is 34.9. The Bertz CT molecular complexity index is 617. The first-order chi connectivity index (χ1) is 10.2. The lowest BCUT2D eigenvalue weighted by atomic mass is 10.0. The largest absolute Gasteiger partial charge is 0.452 e. The molecule has 0 aromatic heterocycles. The topological polar surface area (TPSA) is 84.5 Å². The van der Waals surface area contributed by atoms with E-state index in [4.69, 9.17) is 4.74 Å². The van der Waals surface area contributed by atoms with E-state index in [0.717, 1.165) is 11.3 Å². The van der Waals surface area contributed by atoms with Crippen LogP contribution in [-0.4, -0.2) is 29.9 Å². The van der Waals surface area contributed by atoms with Gasteiger partial charge < -0.3 is 15.4 Å². The number of nitrogens with one attached hydrogen (secondary N) is 2. The number of anilines is 1. The van der Waals surface area contributed by atoms with E-state index in [-0.39, 0.29) is 24.0 Å². The van der Waals surface area contributed by atoms with E-state index in [1.165, 1.54) is 0 Å². The van der Waals surface area contributed by atoms with Gasteiger partial charge in [0.1, 0.15) is 0 Å². The lowest BCUT2D eigenvalue weighted by Gasteiger charge is -2.20. The van der Waals surface area contributed by atoms with Crippen LogP contribution in [0.15, 0.2) is 18.2 Å². The minimum absolute atomic E-state index is 0.0262. The fourth-order valence-electron chi connectivity index (χ4n) is 2.18. The summed E-state index contributed by atoms with van der Waals surface area (Å²) in [5.41, 5.74) is 1.62. The van der Waals surface area contributed by atoms with Crippen LogP contribution in [0, 0.1) is 0 Å². The SMILES string of the molecule is CC(C)(C)NC(=O)COC(=O)c1ccc2c(c1)CCC(=O)N2. The average molecular weight is 304 g/mol. The molecule has 6 nitrogen and oxygen atoms in total. The van der Waals surface area contributed by atoms with Crippen LogP contribution in [0.3, 0.4) is 0 Å². The Labute approximate surface area is 129 Å². The van der Waals surface area contributed by atoms with E-state index in [1.807, 2.05) is 20.8 Å². The minimum atomic E-state index is -0.552. The van der Waals surface area contributed by atoms with Gasteiger partial charge >= 0.3 is 5.97 Å². The van der Waals surface area contributed by atoms with Crippen LogP contribution in [0.5, 0.6) is 0 Å². The summed E-state index contributed by atoms with van der Waals surface area (Å²) in [5.74, 6) is -0.920. The molecule has 0 atom stereocenters. The number of benzene rings is 1. The molecule has 2 amide bonds. The number of hydrogen-bond donors (Lipinski definition) is 2. The molecule has 6 heteroatoms. The Morgan fingerprint density at radius 3 is 2.68 bits per heavy atom. The van der Waals surface area contributed by atoms with Gasteiger partial charge in [-0.15, -0.1) is 0 Å². The predicted molar refractivity (Wildman–Crippen MR) is 81.6 cm³/mol. The molecule has 0 unspecified atom stereocenters. The van der Waals surface area contributed by atoms with Gasteiger partial charge in [0.15, 0.2) is 6.61 Å². The van der Waals surface area contributed by atoms with Crippen LogP contribution in [0.25, 0.3) is 0 Å². The Morgan fingerprint density at radius 2 is 2.00 bits per heavy atom. The lowest BCUT2D eigenvalue weighted by Crippen LogP contribution is -2.42.